The third kappa shape index (κ3) is 8.54. The van der Waals surface area contributed by atoms with Crippen LogP contribution in [0.2, 0.25) is 0 Å². The van der Waals surface area contributed by atoms with Gasteiger partial charge in [0, 0.05) is 26.6 Å². The fraction of sp³-hybridized carbons (Fsp3) is 0.833. The molecule has 0 aliphatic carbocycles. The molecule has 100 valence electrons. The van der Waals surface area contributed by atoms with E-state index in [4.69, 9.17) is 4.74 Å². The quantitative estimate of drug-likeness (QED) is 0.750. The van der Waals surface area contributed by atoms with Crippen molar-refractivity contribution in [3.8, 4) is 0 Å². The summed E-state index contributed by atoms with van der Waals surface area (Å²) in [6, 6.07) is 0. The summed E-state index contributed by atoms with van der Waals surface area (Å²) in [4.78, 5) is 24.2. The lowest BCUT2D eigenvalue weighted by atomic mass is 10.2. The van der Waals surface area contributed by atoms with Gasteiger partial charge in [-0.1, -0.05) is 6.92 Å². The van der Waals surface area contributed by atoms with E-state index in [1.165, 1.54) is 0 Å². The summed E-state index contributed by atoms with van der Waals surface area (Å²) >= 11 is 0. The van der Waals surface area contributed by atoms with Crippen molar-refractivity contribution in [2.75, 3.05) is 20.1 Å². The molecule has 0 aromatic heterocycles. The second-order valence-electron chi connectivity index (χ2n) is 4.95. The van der Waals surface area contributed by atoms with Gasteiger partial charge in [-0.25, -0.2) is 4.79 Å². The first kappa shape index (κ1) is 15.7. The van der Waals surface area contributed by atoms with Gasteiger partial charge < -0.3 is 15.0 Å². The molecule has 0 atom stereocenters. The third-order valence-corrected chi connectivity index (χ3v) is 2.07. The van der Waals surface area contributed by atoms with Gasteiger partial charge in [-0.2, -0.15) is 0 Å². The van der Waals surface area contributed by atoms with Gasteiger partial charge in [0.2, 0.25) is 5.91 Å². The lowest BCUT2D eigenvalue weighted by molar-refractivity contribution is -0.129. The highest BCUT2D eigenvalue weighted by atomic mass is 16.6. The average Bonchev–Trinajstić information content (AvgIpc) is 2.20. The summed E-state index contributed by atoms with van der Waals surface area (Å²) < 4.78 is 5.08. The molecule has 0 radical (unpaired) electrons. The molecule has 0 aliphatic rings. The SMILES string of the molecule is CCC(=O)N(C)CCCNC(=O)OC(C)(C)C. The fourth-order valence-electron chi connectivity index (χ4n) is 1.22. The van der Waals surface area contributed by atoms with Crippen molar-refractivity contribution in [2.45, 2.75) is 46.1 Å². The maximum absolute atomic E-state index is 11.3. The summed E-state index contributed by atoms with van der Waals surface area (Å²) in [7, 11) is 1.76. The van der Waals surface area contributed by atoms with Crippen LogP contribution in [0.3, 0.4) is 0 Å². The Bertz CT molecular complexity index is 259. The lowest BCUT2D eigenvalue weighted by Crippen LogP contribution is -2.34. The van der Waals surface area contributed by atoms with Gasteiger partial charge in [0.15, 0.2) is 0 Å². The van der Waals surface area contributed by atoms with E-state index in [2.05, 4.69) is 5.32 Å². The zero-order valence-electron chi connectivity index (χ0n) is 11.5. The number of ether oxygens (including phenoxy) is 1. The van der Waals surface area contributed by atoms with Crippen molar-refractivity contribution in [2.24, 2.45) is 0 Å². The molecule has 0 unspecified atom stereocenters. The van der Waals surface area contributed by atoms with Gasteiger partial charge in [0.05, 0.1) is 0 Å². The van der Waals surface area contributed by atoms with Gasteiger partial charge >= 0.3 is 6.09 Å². The first-order chi connectivity index (χ1) is 7.76. The normalized spacial score (nSPS) is 10.9. The van der Waals surface area contributed by atoms with Gasteiger partial charge in [-0.05, 0) is 27.2 Å². The molecule has 0 aromatic carbocycles. The van der Waals surface area contributed by atoms with Gasteiger partial charge in [-0.3, -0.25) is 4.79 Å². The molecule has 0 spiro atoms. The van der Waals surface area contributed by atoms with E-state index in [0.717, 1.165) is 6.42 Å². The van der Waals surface area contributed by atoms with Gasteiger partial charge in [0.1, 0.15) is 5.60 Å². The van der Waals surface area contributed by atoms with E-state index in [9.17, 15) is 9.59 Å². The Morgan fingerprint density at radius 2 is 1.88 bits per heavy atom. The van der Waals surface area contributed by atoms with E-state index < -0.39 is 11.7 Å². The summed E-state index contributed by atoms with van der Waals surface area (Å²) in [5.74, 6) is 0.113. The van der Waals surface area contributed by atoms with Crippen molar-refractivity contribution in [3.05, 3.63) is 0 Å². The molecule has 0 fully saturated rings. The third-order valence-electron chi connectivity index (χ3n) is 2.07. The summed E-state index contributed by atoms with van der Waals surface area (Å²) in [6.45, 7) is 8.44. The maximum atomic E-state index is 11.3. The Labute approximate surface area is 103 Å². The molecule has 0 saturated carbocycles. The summed E-state index contributed by atoms with van der Waals surface area (Å²) in [5.41, 5.74) is -0.473. The van der Waals surface area contributed by atoms with Crippen molar-refractivity contribution in [1.82, 2.24) is 10.2 Å². The van der Waals surface area contributed by atoms with E-state index in [-0.39, 0.29) is 5.91 Å². The number of hydrogen-bond acceptors (Lipinski definition) is 3. The van der Waals surface area contributed by atoms with Crippen LogP contribution in [0.4, 0.5) is 4.79 Å². The number of carbonyl (C=O) groups excluding carboxylic acids is 2. The fourth-order valence-corrected chi connectivity index (χ4v) is 1.22. The highest BCUT2D eigenvalue weighted by Gasteiger charge is 2.15. The van der Waals surface area contributed by atoms with E-state index in [1.54, 1.807) is 11.9 Å². The second kappa shape index (κ2) is 7.14. The minimum Gasteiger partial charge on any atom is -0.444 e. The van der Waals surface area contributed by atoms with Gasteiger partial charge in [-0.15, -0.1) is 0 Å². The van der Waals surface area contributed by atoms with Crippen LogP contribution in [0.25, 0.3) is 0 Å². The van der Waals surface area contributed by atoms with Crippen LogP contribution in [-0.4, -0.2) is 42.6 Å². The van der Waals surface area contributed by atoms with Crippen LogP contribution >= 0.6 is 0 Å². The van der Waals surface area contributed by atoms with E-state index >= 15 is 0 Å². The van der Waals surface area contributed by atoms with Crippen LogP contribution < -0.4 is 5.32 Å². The number of alkyl carbamates (subject to hydrolysis) is 1. The molecule has 5 heteroatoms. The Hall–Kier alpha value is -1.26. The van der Waals surface area contributed by atoms with Crippen LogP contribution in [0, 0.1) is 0 Å². The molecule has 0 rings (SSSR count). The molecular weight excluding hydrogens is 220 g/mol. The Morgan fingerprint density at radius 3 is 2.35 bits per heavy atom. The number of nitrogens with zero attached hydrogens (tertiary/aromatic N) is 1. The smallest absolute Gasteiger partial charge is 0.407 e. The maximum Gasteiger partial charge on any atom is 0.407 e. The van der Waals surface area contributed by atoms with Crippen LogP contribution in [0.5, 0.6) is 0 Å². The molecular formula is C12H24N2O3. The monoisotopic (exact) mass is 244 g/mol. The van der Waals surface area contributed by atoms with E-state index in [0.29, 0.717) is 19.5 Å². The Balaban J connectivity index is 3.65. The summed E-state index contributed by atoms with van der Waals surface area (Å²) in [6.07, 6.45) is 0.819. The van der Waals surface area contributed by atoms with Gasteiger partial charge in [0.25, 0.3) is 0 Å². The van der Waals surface area contributed by atoms with Crippen molar-refractivity contribution < 1.29 is 14.3 Å². The molecule has 5 nitrogen and oxygen atoms in total. The van der Waals surface area contributed by atoms with Crippen LogP contribution in [0.1, 0.15) is 40.5 Å². The van der Waals surface area contributed by atoms with Crippen molar-refractivity contribution in [1.29, 1.82) is 0 Å². The number of rotatable bonds is 5. The minimum absolute atomic E-state index is 0.113. The Kier molecular flexibility index (Phi) is 6.61. The number of carbonyl (C=O) groups is 2. The number of nitrogens with one attached hydrogen (secondary N) is 1. The first-order valence-corrected chi connectivity index (χ1v) is 5.97. The van der Waals surface area contributed by atoms with Crippen molar-refractivity contribution >= 4 is 12.0 Å². The predicted octanol–water partition coefficient (Wildman–Crippen LogP) is 1.77. The molecule has 0 aromatic rings. The van der Waals surface area contributed by atoms with Crippen LogP contribution in [0.15, 0.2) is 0 Å². The first-order valence-electron chi connectivity index (χ1n) is 5.97. The molecule has 0 heterocycles. The second-order valence-corrected chi connectivity index (χ2v) is 4.95. The number of hydrogen-bond donors (Lipinski definition) is 1. The topological polar surface area (TPSA) is 58.6 Å². The molecule has 17 heavy (non-hydrogen) atoms. The van der Waals surface area contributed by atoms with Crippen molar-refractivity contribution in [3.63, 3.8) is 0 Å². The van der Waals surface area contributed by atoms with E-state index in [1.807, 2.05) is 27.7 Å². The minimum atomic E-state index is -0.473. The zero-order chi connectivity index (χ0) is 13.5. The molecule has 0 bridgehead atoms. The lowest BCUT2D eigenvalue weighted by Gasteiger charge is -2.20. The largest absolute Gasteiger partial charge is 0.444 e. The molecule has 0 aliphatic heterocycles. The predicted molar refractivity (Wildman–Crippen MR) is 66.8 cm³/mol. The van der Waals surface area contributed by atoms with Crippen LogP contribution in [-0.2, 0) is 9.53 Å². The number of amides is 2. The molecule has 2 amide bonds. The zero-order valence-corrected chi connectivity index (χ0v) is 11.5. The summed E-state index contributed by atoms with van der Waals surface area (Å²) in [5, 5.41) is 2.65. The standard InChI is InChI=1S/C12H24N2O3/c1-6-10(15)14(5)9-7-8-13-11(16)17-12(2,3)4/h6-9H2,1-5H3,(H,13,16). The average molecular weight is 244 g/mol. The molecule has 0 saturated heterocycles. The Morgan fingerprint density at radius 1 is 1.29 bits per heavy atom. The highest BCUT2D eigenvalue weighted by Crippen LogP contribution is 2.06. The highest BCUT2D eigenvalue weighted by molar-refractivity contribution is 5.75. The molecule has 1 N–H and O–H groups in total.